The Morgan fingerprint density at radius 1 is 1.56 bits per heavy atom. The first-order valence-electron chi connectivity index (χ1n) is 4.97. The molecule has 0 bridgehead atoms. The van der Waals surface area contributed by atoms with Gasteiger partial charge in [-0.15, -0.1) is 0 Å². The van der Waals surface area contributed by atoms with Crippen LogP contribution in [0.4, 0.5) is 5.69 Å². The highest BCUT2D eigenvalue weighted by Crippen LogP contribution is 2.25. The van der Waals surface area contributed by atoms with Crippen LogP contribution in [-0.2, 0) is 4.79 Å². The van der Waals surface area contributed by atoms with E-state index in [1.807, 2.05) is 19.1 Å². The number of carbonyl (C=O) groups is 1. The summed E-state index contributed by atoms with van der Waals surface area (Å²) in [5, 5.41) is 3.62. The minimum absolute atomic E-state index is 0.0403. The van der Waals surface area contributed by atoms with Crippen molar-refractivity contribution in [1.82, 2.24) is 4.90 Å². The molecule has 0 radical (unpaired) electrons. The normalized spacial score (nSPS) is 10.0. The molecular weight excluding hydrogens is 291 g/mol. The van der Waals surface area contributed by atoms with Crippen LogP contribution in [0.25, 0.3) is 0 Å². The third-order valence-corrected chi connectivity index (χ3v) is 3.08. The molecule has 0 aliphatic heterocycles. The summed E-state index contributed by atoms with van der Waals surface area (Å²) < 4.78 is 0.927. The van der Waals surface area contributed by atoms with Crippen molar-refractivity contribution in [1.29, 1.82) is 0 Å². The topological polar surface area (TPSA) is 32.3 Å². The minimum Gasteiger partial charge on any atom is -0.375 e. The molecule has 0 aromatic heterocycles. The zero-order valence-corrected chi connectivity index (χ0v) is 11.6. The standard InChI is InChI=1S/C11H14BrClN2O/c1-3-15(2)11(16)7-14-10-6-8(12)4-5-9(10)13/h4-6,14H,3,7H2,1-2H3. The summed E-state index contributed by atoms with van der Waals surface area (Å²) in [6.07, 6.45) is 0. The number of benzene rings is 1. The number of nitrogens with one attached hydrogen (secondary N) is 1. The number of hydrogen-bond acceptors (Lipinski definition) is 2. The third-order valence-electron chi connectivity index (χ3n) is 2.26. The van der Waals surface area contributed by atoms with Gasteiger partial charge in [0.1, 0.15) is 0 Å². The second kappa shape index (κ2) is 6.11. The highest BCUT2D eigenvalue weighted by molar-refractivity contribution is 9.10. The highest BCUT2D eigenvalue weighted by atomic mass is 79.9. The number of likely N-dealkylation sites (N-methyl/N-ethyl adjacent to an activating group) is 1. The van der Waals surface area contributed by atoms with Gasteiger partial charge in [-0.3, -0.25) is 4.79 Å². The van der Waals surface area contributed by atoms with Gasteiger partial charge in [-0.25, -0.2) is 0 Å². The van der Waals surface area contributed by atoms with Gasteiger partial charge >= 0.3 is 0 Å². The average Bonchev–Trinajstić information content (AvgIpc) is 2.28. The molecule has 1 N–H and O–H groups in total. The fraction of sp³-hybridized carbons (Fsp3) is 0.364. The van der Waals surface area contributed by atoms with E-state index >= 15 is 0 Å². The summed E-state index contributed by atoms with van der Waals surface area (Å²) in [6, 6.07) is 5.48. The van der Waals surface area contributed by atoms with Gasteiger partial charge in [0.05, 0.1) is 17.3 Å². The third kappa shape index (κ3) is 3.68. The van der Waals surface area contributed by atoms with Crippen molar-refractivity contribution < 1.29 is 4.79 Å². The Labute approximate surface area is 109 Å². The summed E-state index contributed by atoms with van der Waals surface area (Å²) in [5.41, 5.74) is 0.758. The quantitative estimate of drug-likeness (QED) is 0.927. The van der Waals surface area contributed by atoms with E-state index < -0.39 is 0 Å². The van der Waals surface area contributed by atoms with E-state index in [0.717, 1.165) is 10.2 Å². The molecule has 0 unspecified atom stereocenters. The maximum atomic E-state index is 11.6. The van der Waals surface area contributed by atoms with Crippen molar-refractivity contribution >= 4 is 39.1 Å². The summed E-state index contributed by atoms with van der Waals surface area (Å²) in [6.45, 7) is 2.89. The fourth-order valence-electron chi connectivity index (χ4n) is 1.12. The molecule has 3 nitrogen and oxygen atoms in total. The second-order valence-electron chi connectivity index (χ2n) is 3.39. The highest BCUT2D eigenvalue weighted by Gasteiger charge is 2.07. The van der Waals surface area contributed by atoms with Crippen LogP contribution in [0.1, 0.15) is 6.92 Å². The number of nitrogens with zero attached hydrogens (tertiary/aromatic N) is 1. The molecule has 1 amide bonds. The largest absolute Gasteiger partial charge is 0.375 e. The lowest BCUT2D eigenvalue weighted by Crippen LogP contribution is -2.31. The second-order valence-corrected chi connectivity index (χ2v) is 4.71. The van der Waals surface area contributed by atoms with Crippen LogP contribution >= 0.6 is 27.5 Å². The summed E-state index contributed by atoms with van der Waals surface area (Å²) >= 11 is 9.34. The van der Waals surface area contributed by atoms with Crippen molar-refractivity contribution in [2.45, 2.75) is 6.92 Å². The molecular formula is C11H14BrClN2O. The van der Waals surface area contributed by atoms with E-state index in [1.165, 1.54) is 0 Å². The molecule has 0 aliphatic carbocycles. The van der Waals surface area contributed by atoms with E-state index in [2.05, 4.69) is 21.2 Å². The number of rotatable bonds is 4. The van der Waals surface area contributed by atoms with E-state index in [9.17, 15) is 4.79 Å². The van der Waals surface area contributed by atoms with E-state index in [-0.39, 0.29) is 12.5 Å². The van der Waals surface area contributed by atoms with E-state index in [0.29, 0.717) is 11.6 Å². The summed E-state index contributed by atoms with van der Waals surface area (Å²) in [7, 11) is 1.77. The fourth-order valence-corrected chi connectivity index (χ4v) is 1.66. The van der Waals surface area contributed by atoms with Gasteiger partial charge in [0.2, 0.25) is 5.91 Å². The van der Waals surface area contributed by atoms with Gasteiger partial charge < -0.3 is 10.2 Å². The average molecular weight is 306 g/mol. The van der Waals surface area contributed by atoms with Gasteiger partial charge in [0.25, 0.3) is 0 Å². The summed E-state index contributed by atoms with van der Waals surface area (Å²) in [4.78, 5) is 13.2. The molecule has 0 saturated carbocycles. The van der Waals surface area contributed by atoms with E-state index in [4.69, 9.17) is 11.6 Å². The van der Waals surface area contributed by atoms with Crippen LogP contribution in [0.3, 0.4) is 0 Å². The van der Waals surface area contributed by atoms with Crippen LogP contribution in [-0.4, -0.2) is 30.9 Å². The minimum atomic E-state index is 0.0403. The van der Waals surface area contributed by atoms with Crippen molar-refractivity contribution in [2.75, 3.05) is 25.5 Å². The molecule has 0 spiro atoms. The molecule has 0 aliphatic rings. The molecule has 1 aromatic carbocycles. The lowest BCUT2D eigenvalue weighted by atomic mass is 10.3. The molecule has 16 heavy (non-hydrogen) atoms. The summed E-state index contributed by atoms with van der Waals surface area (Å²) in [5.74, 6) is 0.0403. The lowest BCUT2D eigenvalue weighted by Gasteiger charge is -2.15. The first kappa shape index (κ1) is 13.3. The smallest absolute Gasteiger partial charge is 0.241 e. The van der Waals surface area contributed by atoms with Crippen molar-refractivity contribution in [3.63, 3.8) is 0 Å². The number of amides is 1. The predicted octanol–water partition coefficient (Wildman–Crippen LogP) is 2.99. The van der Waals surface area contributed by atoms with Crippen LogP contribution in [0.5, 0.6) is 0 Å². The van der Waals surface area contributed by atoms with Crippen LogP contribution < -0.4 is 5.32 Å². The van der Waals surface area contributed by atoms with Crippen LogP contribution in [0.15, 0.2) is 22.7 Å². The van der Waals surface area contributed by atoms with Gasteiger partial charge in [-0.05, 0) is 25.1 Å². The molecule has 0 atom stereocenters. The molecule has 1 rings (SSSR count). The molecule has 5 heteroatoms. The number of hydrogen-bond donors (Lipinski definition) is 1. The SMILES string of the molecule is CCN(C)C(=O)CNc1cc(Br)ccc1Cl. The lowest BCUT2D eigenvalue weighted by molar-refractivity contribution is -0.127. The molecule has 0 fully saturated rings. The molecule has 88 valence electrons. The number of anilines is 1. The Morgan fingerprint density at radius 2 is 2.25 bits per heavy atom. The Bertz CT molecular complexity index is 384. The van der Waals surface area contributed by atoms with Crippen LogP contribution in [0, 0.1) is 0 Å². The molecule has 0 saturated heterocycles. The first-order valence-corrected chi connectivity index (χ1v) is 6.14. The maximum Gasteiger partial charge on any atom is 0.241 e. The van der Waals surface area contributed by atoms with Crippen molar-refractivity contribution in [3.05, 3.63) is 27.7 Å². The Morgan fingerprint density at radius 3 is 2.88 bits per heavy atom. The Balaban J connectivity index is 2.61. The van der Waals surface area contributed by atoms with E-state index in [1.54, 1.807) is 18.0 Å². The van der Waals surface area contributed by atoms with Gasteiger partial charge in [-0.2, -0.15) is 0 Å². The Kier molecular flexibility index (Phi) is 5.09. The van der Waals surface area contributed by atoms with Gasteiger partial charge in [0, 0.05) is 18.1 Å². The van der Waals surface area contributed by atoms with Crippen molar-refractivity contribution in [2.24, 2.45) is 0 Å². The monoisotopic (exact) mass is 304 g/mol. The van der Waals surface area contributed by atoms with Gasteiger partial charge in [0.15, 0.2) is 0 Å². The zero-order valence-electron chi connectivity index (χ0n) is 9.26. The van der Waals surface area contributed by atoms with Gasteiger partial charge in [-0.1, -0.05) is 27.5 Å². The molecule has 0 heterocycles. The predicted molar refractivity (Wildman–Crippen MR) is 71.0 cm³/mol. The van der Waals surface area contributed by atoms with Crippen molar-refractivity contribution in [3.8, 4) is 0 Å². The molecule has 1 aromatic rings. The Hall–Kier alpha value is -0.740. The maximum absolute atomic E-state index is 11.6. The van der Waals surface area contributed by atoms with Crippen LogP contribution in [0.2, 0.25) is 5.02 Å². The zero-order chi connectivity index (χ0) is 12.1. The number of halogens is 2. The number of carbonyl (C=O) groups excluding carboxylic acids is 1. The first-order chi connectivity index (χ1) is 7.54.